The number of carbonyl (C=O) groups excluding carboxylic acids is 1. The second-order valence-electron chi connectivity index (χ2n) is 4.61. The van der Waals surface area contributed by atoms with Crippen LogP contribution in [0.1, 0.15) is 39.5 Å². The number of nitrogens with zero attached hydrogens (tertiary/aromatic N) is 1. The van der Waals surface area contributed by atoms with Crippen LogP contribution in [0.2, 0.25) is 0 Å². The molecule has 0 spiro atoms. The van der Waals surface area contributed by atoms with Gasteiger partial charge < -0.3 is 10.0 Å². The molecule has 3 heteroatoms. The lowest BCUT2D eigenvalue weighted by molar-refractivity contribution is -0.137. The van der Waals surface area contributed by atoms with E-state index in [0.717, 1.165) is 38.8 Å². The Kier molecular flexibility index (Phi) is 5.09. The van der Waals surface area contributed by atoms with Crippen molar-refractivity contribution in [3.63, 3.8) is 0 Å². The van der Waals surface area contributed by atoms with Crippen molar-refractivity contribution < 1.29 is 9.90 Å². The fourth-order valence-electron chi connectivity index (χ4n) is 2.17. The van der Waals surface area contributed by atoms with Crippen LogP contribution in [0.25, 0.3) is 0 Å². The smallest absolute Gasteiger partial charge is 0.225 e. The maximum absolute atomic E-state index is 11.9. The summed E-state index contributed by atoms with van der Waals surface area (Å²) < 4.78 is 0. The van der Waals surface area contributed by atoms with Crippen LogP contribution in [0, 0.1) is 11.8 Å². The molecule has 1 aliphatic rings. The topological polar surface area (TPSA) is 40.5 Å². The van der Waals surface area contributed by atoms with Crippen molar-refractivity contribution in [2.75, 3.05) is 19.7 Å². The molecule has 3 nitrogen and oxygen atoms in total. The Hall–Kier alpha value is -0.570. The van der Waals surface area contributed by atoms with Crippen LogP contribution in [0.3, 0.4) is 0 Å². The van der Waals surface area contributed by atoms with E-state index in [0.29, 0.717) is 11.8 Å². The van der Waals surface area contributed by atoms with E-state index in [1.807, 2.05) is 11.8 Å². The zero-order chi connectivity index (χ0) is 11.3. The predicted octanol–water partition coefficient (Wildman–Crippen LogP) is 1.65. The Balaban J connectivity index is 2.44. The van der Waals surface area contributed by atoms with Crippen molar-refractivity contribution in [2.45, 2.75) is 39.5 Å². The summed E-state index contributed by atoms with van der Waals surface area (Å²) in [7, 11) is 0. The number of aliphatic hydroxyl groups excluding tert-OH is 1. The molecule has 2 unspecified atom stereocenters. The van der Waals surface area contributed by atoms with E-state index in [1.165, 1.54) is 0 Å². The summed E-state index contributed by atoms with van der Waals surface area (Å²) in [4.78, 5) is 13.9. The van der Waals surface area contributed by atoms with Gasteiger partial charge >= 0.3 is 0 Å². The molecule has 1 fully saturated rings. The van der Waals surface area contributed by atoms with Crippen LogP contribution in [-0.4, -0.2) is 35.6 Å². The van der Waals surface area contributed by atoms with Gasteiger partial charge in [0.1, 0.15) is 0 Å². The number of amides is 1. The van der Waals surface area contributed by atoms with Gasteiger partial charge in [-0.1, -0.05) is 13.8 Å². The molecule has 0 bridgehead atoms. The molecule has 0 aromatic carbocycles. The monoisotopic (exact) mass is 213 g/mol. The summed E-state index contributed by atoms with van der Waals surface area (Å²) in [5.74, 6) is 0.953. The minimum atomic E-state index is 0.151. The third kappa shape index (κ3) is 3.49. The number of aliphatic hydroxyl groups is 1. The van der Waals surface area contributed by atoms with E-state index in [9.17, 15) is 4.79 Å². The number of carbonyl (C=O) groups is 1. The van der Waals surface area contributed by atoms with Crippen LogP contribution >= 0.6 is 0 Å². The Morgan fingerprint density at radius 2 is 2.33 bits per heavy atom. The fraction of sp³-hybridized carbons (Fsp3) is 0.917. The van der Waals surface area contributed by atoms with Crippen LogP contribution in [0.5, 0.6) is 0 Å². The normalized spacial score (nSPS) is 23.9. The number of hydrogen-bond acceptors (Lipinski definition) is 2. The molecule has 0 radical (unpaired) electrons. The van der Waals surface area contributed by atoms with Gasteiger partial charge in [0, 0.05) is 25.6 Å². The molecule has 1 rings (SSSR count). The Morgan fingerprint density at radius 3 is 2.93 bits per heavy atom. The first-order valence-electron chi connectivity index (χ1n) is 6.08. The Morgan fingerprint density at radius 1 is 1.60 bits per heavy atom. The lowest BCUT2D eigenvalue weighted by Crippen LogP contribution is -2.42. The zero-order valence-corrected chi connectivity index (χ0v) is 9.91. The van der Waals surface area contributed by atoms with E-state index in [4.69, 9.17) is 5.11 Å². The first-order valence-corrected chi connectivity index (χ1v) is 6.08. The number of hydrogen-bond donors (Lipinski definition) is 1. The number of piperidine rings is 1. The van der Waals surface area contributed by atoms with Crippen molar-refractivity contribution in [3.05, 3.63) is 0 Å². The second kappa shape index (κ2) is 6.11. The average Bonchev–Trinajstić information content (AvgIpc) is 2.28. The molecule has 1 amide bonds. The van der Waals surface area contributed by atoms with Gasteiger partial charge in [0.05, 0.1) is 0 Å². The van der Waals surface area contributed by atoms with E-state index in [1.54, 1.807) is 0 Å². The minimum Gasteiger partial charge on any atom is -0.396 e. The van der Waals surface area contributed by atoms with Gasteiger partial charge in [0.15, 0.2) is 0 Å². The molecule has 1 aliphatic heterocycles. The zero-order valence-electron chi connectivity index (χ0n) is 9.91. The van der Waals surface area contributed by atoms with Crippen molar-refractivity contribution in [2.24, 2.45) is 11.8 Å². The van der Waals surface area contributed by atoms with Crippen molar-refractivity contribution in [1.82, 2.24) is 4.90 Å². The van der Waals surface area contributed by atoms with Gasteiger partial charge in [0.2, 0.25) is 5.91 Å². The molecule has 1 saturated heterocycles. The van der Waals surface area contributed by atoms with E-state index >= 15 is 0 Å². The van der Waals surface area contributed by atoms with Gasteiger partial charge in [-0.25, -0.2) is 0 Å². The Bertz CT molecular complexity index is 204. The van der Waals surface area contributed by atoms with Gasteiger partial charge in [-0.15, -0.1) is 0 Å². The quantitative estimate of drug-likeness (QED) is 0.771. The van der Waals surface area contributed by atoms with Crippen molar-refractivity contribution >= 4 is 5.91 Å². The largest absolute Gasteiger partial charge is 0.396 e. The van der Waals surface area contributed by atoms with Crippen LogP contribution in [-0.2, 0) is 4.79 Å². The van der Waals surface area contributed by atoms with E-state index < -0.39 is 0 Å². The fourth-order valence-corrected chi connectivity index (χ4v) is 2.17. The second-order valence-corrected chi connectivity index (χ2v) is 4.61. The van der Waals surface area contributed by atoms with Crippen LogP contribution < -0.4 is 0 Å². The van der Waals surface area contributed by atoms with E-state index in [-0.39, 0.29) is 12.5 Å². The molecule has 1 heterocycles. The van der Waals surface area contributed by atoms with Gasteiger partial charge in [-0.2, -0.15) is 0 Å². The molecule has 15 heavy (non-hydrogen) atoms. The Labute approximate surface area is 92.5 Å². The molecule has 0 aromatic heterocycles. The lowest BCUT2D eigenvalue weighted by Gasteiger charge is -2.34. The summed E-state index contributed by atoms with van der Waals surface area (Å²) in [6.07, 6.45) is 4.00. The third-order valence-corrected chi connectivity index (χ3v) is 3.40. The molecule has 0 saturated carbocycles. The number of likely N-dealkylation sites (tertiary alicyclic amines) is 1. The maximum Gasteiger partial charge on any atom is 0.225 e. The van der Waals surface area contributed by atoms with Crippen LogP contribution in [0.4, 0.5) is 0 Å². The maximum atomic E-state index is 11.9. The minimum absolute atomic E-state index is 0.151. The molecule has 1 N–H and O–H groups in total. The SMILES string of the molecule is CCC(C)C(=O)N1CCCC(CCO)C1. The molecular weight excluding hydrogens is 190 g/mol. The molecule has 88 valence electrons. The van der Waals surface area contributed by atoms with Crippen molar-refractivity contribution in [3.8, 4) is 0 Å². The highest BCUT2D eigenvalue weighted by Crippen LogP contribution is 2.21. The third-order valence-electron chi connectivity index (χ3n) is 3.40. The molecular formula is C12H23NO2. The highest BCUT2D eigenvalue weighted by Gasteiger charge is 2.25. The highest BCUT2D eigenvalue weighted by atomic mass is 16.3. The van der Waals surface area contributed by atoms with Crippen LogP contribution in [0.15, 0.2) is 0 Å². The summed E-state index contributed by atoms with van der Waals surface area (Å²) >= 11 is 0. The molecule has 0 aromatic rings. The molecule has 2 atom stereocenters. The average molecular weight is 213 g/mol. The number of rotatable bonds is 4. The van der Waals surface area contributed by atoms with Gasteiger partial charge in [-0.3, -0.25) is 4.79 Å². The summed E-state index contributed by atoms with van der Waals surface area (Å²) in [5.41, 5.74) is 0. The predicted molar refractivity (Wildman–Crippen MR) is 60.5 cm³/mol. The summed E-state index contributed by atoms with van der Waals surface area (Å²) in [6.45, 7) is 6.06. The van der Waals surface area contributed by atoms with Gasteiger partial charge in [0.25, 0.3) is 0 Å². The lowest BCUT2D eigenvalue weighted by atomic mass is 9.94. The first-order chi connectivity index (χ1) is 7.19. The standard InChI is InChI=1S/C12H23NO2/c1-3-10(2)12(15)13-7-4-5-11(9-13)6-8-14/h10-11,14H,3-9H2,1-2H3. The van der Waals surface area contributed by atoms with Gasteiger partial charge in [-0.05, 0) is 31.6 Å². The first kappa shape index (κ1) is 12.5. The summed E-state index contributed by atoms with van der Waals surface area (Å²) in [5, 5.41) is 8.90. The van der Waals surface area contributed by atoms with E-state index in [2.05, 4.69) is 6.92 Å². The van der Waals surface area contributed by atoms with Crippen molar-refractivity contribution in [1.29, 1.82) is 0 Å². The highest BCUT2D eigenvalue weighted by molar-refractivity contribution is 5.78. The molecule has 0 aliphatic carbocycles. The summed E-state index contributed by atoms with van der Waals surface area (Å²) in [6, 6.07) is 0.